The van der Waals surface area contributed by atoms with Gasteiger partial charge in [-0.2, -0.15) is 0 Å². The van der Waals surface area contributed by atoms with E-state index in [0.29, 0.717) is 34.8 Å². The Hall–Kier alpha value is -4.66. The Bertz CT molecular complexity index is 1590. The van der Waals surface area contributed by atoms with E-state index in [2.05, 4.69) is 15.4 Å². The van der Waals surface area contributed by atoms with Crippen molar-refractivity contribution >= 4 is 28.3 Å². The maximum Gasteiger partial charge on any atom is 0.351 e. The molecule has 0 saturated carbocycles. The molecular formula is C26H23N5O4. The van der Waals surface area contributed by atoms with Crippen molar-refractivity contribution in [2.75, 3.05) is 11.9 Å². The van der Waals surface area contributed by atoms with Crippen molar-refractivity contribution < 1.29 is 14.3 Å². The molecule has 0 aliphatic rings. The standard InChI is InChI=1S/C26H23N5O4/c1-3-34-22-11-7-5-9-20(22)27-23(32)16-30-26(33)31-21-10-6-4-8-19(21)28-25(24(31)29-30)35-18-14-12-17(2)13-15-18/h4-15H,3,16H2,1-2H3,(H,27,32). The van der Waals surface area contributed by atoms with Crippen LogP contribution in [-0.4, -0.2) is 31.7 Å². The number of hydrogen-bond donors (Lipinski definition) is 1. The van der Waals surface area contributed by atoms with Gasteiger partial charge >= 0.3 is 5.69 Å². The van der Waals surface area contributed by atoms with Gasteiger partial charge in [-0.3, -0.25) is 4.79 Å². The molecule has 35 heavy (non-hydrogen) atoms. The first-order valence-corrected chi connectivity index (χ1v) is 11.2. The van der Waals surface area contributed by atoms with E-state index in [4.69, 9.17) is 9.47 Å². The van der Waals surface area contributed by atoms with E-state index in [-0.39, 0.29) is 18.1 Å². The summed E-state index contributed by atoms with van der Waals surface area (Å²) in [5.41, 5.74) is 2.49. The van der Waals surface area contributed by atoms with Crippen LogP contribution < -0.4 is 20.5 Å². The number of carbonyl (C=O) groups is 1. The molecule has 0 aliphatic carbocycles. The van der Waals surface area contributed by atoms with Crippen LogP contribution in [0.2, 0.25) is 0 Å². The molecule has 176 valence electrons. The summed E-state index contributed by atoms with van der Waals surface area (Å²) in [5.74, 6) is 0.869. The van der Waals surface area contributed by atoms with Crippen molar-refractivity contribution in [1.82, 2.24) is 19.2 Å². The van der Waals surface area contributed by atoms with E-state index in [1.54, 1.807) is 30.3 Å². The molecule has 5 rings (SSSR count). The Balaban J connectivity index is 1.53. The molecule has 1 N–H and O–H groups in total. The zero-order valence-electron chi connectivity index (χ0n) is 19.3. The molecule has 9 nitrogen and oxygen atoms in total. The van der Waals surface area contributed by atoms with Gasteiger partial charge in [-0.25, -0.2) is 18.9 Å². The minimum atomic E-state index is -0.472. The minimum Gasteiger partial charge on any atom is -0.492 e. The van der Waals surface area contributed by atoms with Crippen LogP contribution in [0.4, 0.5) is 5.69 Å². The van der Waals surface area contributed by atoms with E-state index in [1.165, 1.54) is 4.40 Å². The lowest BCUT2D eigenvalue weighted by Gasteiger charge is -2.10. The van der Waals surface area contributed by atoms with Gasteiger partial charge in [-0.15, -0.1) is 5.10 Å². The van der Waals surface area contributed by atoms with Gasteiger partial charge in [0, 0.05) is 0 Å². The maximum absolute atomic E-state index is 13.3. The number of para-hydroxylation sites is 4. The predicted molar refractivity (Wildman–Crippen MR) is 132 cm³/mol. The van der Waals surface area contributed by atoms with E-state index in [0.717, 1.165) is 10.2 Å². The van der Waals surface area contributed by atoms with Crippen LogP contribution in [0.5, 0.6) is 17.4 Å². The lowest BCUT2D eigenvalue weighted by molar-refractivity contribution is -0.117. The molecule has 0 fully saturated rings. The largest absolute Gasteiger partial charge is 0.492 e. The quantitative estimate of drug-likeness (QED) is 0.384. The molecule has 0 saturated heterocycles. The average molecular weight is 470 g/mol. The van der Waals surface area contributed by atoms with Crippen molar-refractivity contribution in [1.29, 1.82) is 0 Å². The van der Waals surface area contributed by atoms with Crippen molar-refractivity contribution in [2.24, 2.45) is 0 Å². The molecule has 0 radical (unpaired) electrons. The van der Waals surface area contributed by atoms with Gasteiger partial charge in [-0.05, 0) is 50.2 Å². The highest BCUT2D eigenvalue weighted by molar-refractivity contribution is 5.92. The zero-order valence-corrected chi connectivity index (χ0v) is 19.3. The van der Waals surface area contributed by atoms with Gasteiger partial charge < -0.3 is 14.8 Å². The van der Waals surface area contributed by atoms with Crippen LogP contribution in [0.25, 0.3) is 16.7 Å². The third kappa shape index (κ3) is 4.43. The predicted octanol–water partition coefficient (Wildman–Crippen LogP) is 4.18. The number of aromatic nitrogens is 4. The molecule has 1 amide bonds. The zero-order chi connectivity index (χ0) is 24.4. The Labute approximate surface area is 200 Å². The van der Waals surface area contributed by atoms with Gasteiger partial charge in [0.25, 0.3) is 5.88 Å². The SMILES string of the molecule is CCOc1ccccc1NC(=O)Cn1nc2c(Oc3ccc(C)cc3)nc3ccccc3n2c1=O. The van der Waals surface area contributed by atoms with Crippen molar-refractivity contribution in [3.63, 3.8) is 0 Å². The number of carbonyl (C=O) groups excluding carboxylic acids is 1. The Kier molecular flexibility index (Phi) is 5.88. The number of rotatable bonds is 7. The highest BCUT2D eigenvalue weighted by Crippen LogP contribution is 2.26. The second kappa shape index (κ2) is 9.30. The van der Waals surface area contributed by atoms with E-state index in [9.17, 15) is 9.59 Å². The lowest BCUT2D eigenvalue weighted by atomic mass is 10.2. The molecule has 2 heterocycles. The summed E-state index contributed by atoms with van der Waals surface area (Å²) in [6.07, 6.45) is 0. The number of aryl methyl sites for hydroxylation is 1. The summed E-state index contributed by atoms with van der Waals surface area (Å²) in [6.45, 7) is 4.01. The van der Waals surface area contributed by atoms with Gasteiger partial charge in [-0.1, -0.05) is 42.0 Å². The summed E-state index contributed by atoms with van der Waals surface area (Å²) >= 11 is 0. The third-order valence-electron chi connectivity index (χ3n) is 5.37. The molecular weight excluding hydrogens is 446 g/mol. The summed E-state index contributed by atoms with van der Waals surface area (Å²) < 4.78 is 14.1. The monoisotopic (exact) mass is 469 g/mol. The molecule has 5 aromatic rings. The maximum atomic E-state index is 13.3. The van der Waals surface area contributed by atoms with E-state index >= 15 is 0 Å². The highest BCUT2D eigenvalue weighted by Gasteiger charge is 2.19. The fourth-order valence-electron chi connectivity index (χ4n) is 3.74. The second-order valence-electron chi connectivity index (χ2n) is 7.90. The number of fused-ring (bicyclic) bond motifs is 3. The van der Waals surface area contributed by atoms with Gasteiger partial charge in [0.2, 0.25) is 11.6 Å². The van der Waals surface area contributed by atoms with Crippen molar-refractivity contribution in [3.8, 4) is 17.4 Å². The summed E-state index contributed by atoms with van der Waals surface area (Å²) in [4.78, 5) is 30.7. The first-order chi connectivity index (χ1) is 17.0. The van der Waals surface area contributed by atoms with Crippen LogP contribution in [0.1, 0.15) is 12.5 Å². The topological polar surface area (TPSA) is 99.8 Å². The normalized spacial score (nSPS) is 11.0. The molecule has 0 spiro atoms. The van der Waals surface area contributed by atoms with Gasteiger partial charge in [0.1, 0.15) is 18.0 Å². The first-order valence-electron chi connectivity index (χ1n) is 11.2. The molecule has 3 aromatic carbocycles. The van der Waals surface area contributed by atoms with Crippen LogP contribution in [0.3, 0.4) is 0 Å². The van der Waals surface area contributed by atoms with Crippen LogP contribution in [-0.2, 0) is 11.3 Å². The number of nitrogens with zero attached hydrogens (tertiary/aromatic N) is 4. The molecule has 0 atom stereocenters. The smallest absolute Gasteiger partial charge is 0.351 e. The summed E-state index contributed by atoms with van der Waals surface area (Å²) in [5, 5.41) is 7.20. The van der Waals surface area contributed by atoms with E-state index in [1.807, 2.05) is 56.3 Å². The number of ether oxygens (including phenoxy) is 2. The number of benzene rings is 3. The molecule has 9 heteroatoms. The summed E-state index contributed by atoms with van der Waals surface area (Å²) in [6, 6.07) is 21.8. The second-order valence-corrected chi connectivity index (χ2v) is 7.90. The fourth-order valence-corrected chi connectivity index (χ4v) is 3.74. The number of amides is 1. The summed E-state index contributed by atoms with van der Waals surface area (Å²) in [7, 11) is 0. The number of anilines is 1. The average Bonchev–Trinajstić information content (AvgIpc) is 3.18. The van der Waals surface area contributed by atoms with Crippen molar-refractivity contribution in [3.05, 3.63) is 88.8 Å². The lowest BCUT2D eigenvalue weighted by Crippen LogP contribution is -2.28. The first kappa shape index (κ1) is 22.1. The Morgan fingerprint density at radius 1 is 1.00 bits per heavy atom. The number of nitrogens with one attached hydrogen (secondary N) is 1. The molecule has 0 aliphatic heterocycles. The van der Waals surface area contributed by atoms with Crippen LogP contribution in [0, 0.1) is 6.92 Å². The molecule has 0 bridgehead atoms. The fraction of sp³-hybridized carbons (Fsp3) is 0.154. The van der Waals surface area contributed by atoms with E-state index < -0.39 is 11.6 Å². The Morgan fingerprint density at radius 2 is 1.74 bits per heavy atom. The van der Waals surface area contributed by atoms with Crippen LogP contribution in [0.15, 0.2) is 77.6 Å². The molecule has 0 unspecified atom stereocenters. The third-order valence-corrected chi connectivity index (χ3v) is 5.37. The Morgan fingerprint density at radius 3 is 2.54 bits per heavy atom. The molecule has 2 aromatic heterocycles. The highest BCUT2D eigenvalue weighted by atomic mass is 16.5. The minimum absolute atomic E-state index is 0.172. The van der Waals surface area contributed by atoms with Crippen LogP contribution >= 0.6 is 0 Å². The van der Waals surface area contributed by atoms with Crippen molar-refractivity contribution in [2.45, 2.75) is 20.4 Å². The van der Waals surface area contributed by atoms with Gasteiger partial charge in [0.05, 0.1) is 23.3 Å². The van der Waals surface area contributed by atoms with Gasteiger partial charge in [0.15, 0.2) is 0 Å². The number of hydrogen-bond acceptors (Lipinski definition) is 6.